The summed E-state index contributed by atoms with van der Waals surface area (Å²) in [7, 11) is -0.928. The molecule has 0 saturated heterocycles. The van der Waals surface area contributed by atoms with Gasteiger partial charge in [0.15, 0.2) is 12.5 Å². The Morgan fingerprint density at radius 3 is 1.89 bits per heavy atom. The number of aliphatic imine (C=N–C) groups is 1. The van der Waals surface area contributed by atoms with Gasteiger partial charge in [-0.3, -0.25) is 0 Å². The molecule has 0 atom stereocenters. The van der Waals surface area contributed by atoms with Crippen molar-refractivity contribution < 1.29 is 17.9 Å². The molecule has 6 rings (SSSR count). The van der Waals surface area contributed by atoms with Crippen LogP contribution in [0, 0.1) is 0 Å². The number of amidine groups is 1. The number of rotatable bonds is 11. The third kappa shape index (κ3) is 6.20. The SMILES string of the molecule is COc1ccc(CN(Cc2ccc(OC)cc2)S(=O)(=O)c2c(Br)ccc(-c3ccc(C4CCC4)cc3)c2C2=NCN=N2)cc1. The van der Waals surface area contributed by atoms with Gasteiger partial charge in [-0.05, 0) is 92.8 Å². The van der Waals surface area contributed by atoms with E-state index in [9.17, 15) is 8.42 Å². The molecule has 226 valence electrons. The summed E-state index contributed by atoms with van der Waals surface area (Å²) >= 11 is 3.60. The lowest BCUT2D eigenvalue weighted by atomic mass is 9.80. The zero-order valence-corrected chi connectivity index (χ0v) is 27.0. The Kier molecular flexibility index (Phi) is 8.93. The summed E-state index contributed by atoms with van der Waals surface area (Å²) < 4.78 is 42.3. The molecule has 1 saturated carbocycles. The van der Waals surface area contributed by atoms with Crippen LogP contribution in [0.1, 0.15) is 47.4 Å². The van der Waals surface area contributed by atoms with Crippen molar-refractivity contribution >= 4 is 31.8 Å². The van der Waals surface area contributed by atoms with Crippen LogP contribution >= 0.6 is 15.9 Å². The molecule has 0 spiro atoms. The second-order valence-electron chi connectivity index (χ2n) is 10.9. The maximum atomic E-state index is 14.9. The van der Waals surface area contributed by atoms with Gasteiger partial charge < -0.3 is 9.47 Å². The molecule has 0 unspecified atom stereocenters. The molecule has 8 nitrogen and oxygen atoms in total. The Labute approximate surface area is 266 Å². The van der Waals surface area contributed by atoms with E-state index in [4.69, 9.17) is 9.47 Å². The average Bonchev–Trinajstić information content (AvgIpc) is 3.56. The van der Waals surface area contributed by atoms with E-state index in [1.807, 2.05) is 54.6 Å². The predicted octanol–water partition coefficient (Wildman–Crippen LogP) is 7.96. The van der Waals surface area contributed by atoms with Gasteiger partial charge in [0, 0.05) is 23.1 Å². The smallest absolute Gasteiger partial charge is 0.245 e. The molecular weight excluding hydrogens is 640 g/mol. The summed E-state index contributed by atoms with van der Waals surface area (Å²) in [4.78, 5) is 4.60. The minimum Gasteiger partial charge on any atom is -0.497 e. The van der Waals surface area contributed by atoms with Gasteiger partial charge in [0.25, 0.3) is 0 Å². The third-order valence-corrected chi connectivity index (χ3v) is 11.0. The van der Waals surface area contributed by atoms with Gasteiger partial charge in [0.2, 0.25) is 10.0 Å². The average molecular weight is 674 g/mol. The summed E-state index contributed by atoms with van der Waals surface area (Å²) in [5, 5.41) is 8.36. The molecule has 4 aromatic carbocycles. The molecule has 1 heterocycles. The highest BCUT2D eigenvalue weighted by Crippen LogP contribution is 2.40. The lowest BCUT2D eigenvalue weighted by Gasteiger charge is -2.26. The van der Waals surface area contributed by atoms with Crippen molar-refractivity contribution in [1.82, 2.24) is 4.31 Å². The van der Waals surface area contributed by atoms with E-state index in [1.54, 1.807) is 20.3 Å². The van der Waals surface area contributed by atoms with Crippen LogP contribution in [-0.2, 0) is 23.1 Å². The van der Waals surface area contributed by atoms with Gasteiger partial charge in [-0.1, -0.05) is 61.0 Å². The first-order valence-corrected chi connectivity index (χ1v) is 16.7. The van der Waals surface area contributed by atoms with Crippen LogP contribution in [0.25, 0.3) is 11.1 Å². The van der Waals surface area contributed by atoms with Crippen LogP contribution in [0.4, 0.5) is 0 Å². The summed E-state index contributed by atoms with van der Waals surface area (Å²) in [6.07, 6.45) is 3.68. The zero-order chi connectivity index (χ0) is 30.7. The first kappa shape index (κ1) is 30.2. The van der Waals surface area contributed by atoms with Gasteiger partial charge >= 0.3 is 0 Å². The van der Waals surface area contributed by atoms with Gasteiger partial charge in [-0.2, -0.15) is 9.42 Å². The molecule has 1 fully saturated rings. The second-order valence-corrected chi connectivity index (χ2v) is 13.6. The number of benzene rings is 4. The van der Waals surface area contributed by atoms with E-state index in [0.29, 0.717) is 33.3 Å². The maximum Gasteiger partial charge on any atom is 0.245 e. The standard InChI is InChI=1S/C34H33BrN4O4S/c1-42-28-14-6-23(7-15-28)20-39(21-24-8-16-29(43-2)17-9-24)44(40,41)33-31(35)19-18-30(32(33)34-36-22-37-38-34)27-12-10-26(11-13-27)25-4-3-5-25/h6-19,25H,3-5,20-22H2,1-2H3. The molecule has 0 radical (unpaired) electrons. The fraction of sp³-hybridized carbons (Fsp3) is 0.265. The zero-order valence-electron chi connectivity index (χ0n) is 24.6. The van der Waals surface area contributed by atoms with Crippen molar-refractivity contribution in [1.29, 1.82) is 0 Å². The summed E-state index contributed by atoms with van der Waals surface area (Å²) in [5.74, 6) is 2.30. The van der Waals surface area contributed by atoms with Crippen molar-refractivity contribution in [2.45, 2.75) is 43.2 Å². The second kappa shape index (κ2) is 13.0. The van der Waals surface area contributed by atoms with Crippen LogP contribution in [0.2, 0.25) is 0 Å². The first-order chi connectivity index (χ1) is 21.4. The van der Waals surface area contributed by atoms with Crippen LogP contribution in [0.3, 0.4) is 0 Å². The van der Waals surface area contributed by atoms with E-state index >= 15 is 0 Å². The van der Waals surface area contributed by atoms with Crippen molar-refractivity contribution in [3.8, 4) is 22.6 Å². The van der Waals surface area contributed by atoms with E-state index in [1.165, 1.54) is 29.1 Å². The number of nitrogens with zero attached hydrogens (tertiary/aromatic N) is 4. The normalized spacial score (nSPS) is 14.9. The van der Waals surface area contributed by atoms with E-state index < -0.39 is 10.0 Å². The van der Waals surface area contributed by atoms with Crippen molar-refractivity contribution in [2.24, 2.45) is 15.2 Å². The third-order valence-electron chi connectivity index (χ3n) is 8.21. The Bertz CT molecular complexity index is 1750. The molecule has 4 aromatic rings. The van der Waals surface area contributed by atoms with Crippen LogP contribution < -0.4 is 9.47 Å². The van der Waals surface area contributed by atoms with Crippen LogP contribution in [0.5, 0.6) is 11.5 Å². The monoisotopic (exact) mass is 672 g/mol. The predicted molar refractivity (Wildman–Crippen MR) is 175 cm³/mol. The van der Waals surface area contributed by atoms with Crippen molar-refractivity contribution in [3.63, 3.8) is 0 Å². The molecule has 44 heavy (non-hydrogen) atoms. The Morgan fingerprint density at radius 1 is 0.818 bits per heavy atom. The van der Waals surface area contributed by atoms with Gasteiger partial charge in [-0.15, -0.1) is 5.11 Å². The number of halogens is 1. The number of hydrogen-bond donors (Lipinski definition) is 0. The number of methoxy groups -OCH3 is 2. The topological polar surface area (TPSA) is 92.9 Å². The lowest BCUT2D eigenvalue weighted by molar-refractivity contribution is 0.397. The van der Waals surface area contributed by atoms with Gasteiger partial charge in [-0.25, -0.2) is 13.4 Å². The largest absolute Gasteiger partial charge is 0.497 e. The van der Waals surface area contributed by atoms with Gasteiger partial charge in [0.05, 0.1) is 14.2 Å². The Hall–Kier alpha value is -3.86. The molecule has 0 aromatic heterocycles. The molecular formula is C34H33BrN4O4S. The molecule has 0 bridgehead atoms. The van der Waals surface area contributed by atoms with E-state index in [-0.39, 0.29) is 24.7 Å². The highest BCUT2D eigenvalue weighted by molar-refractivity contribution is 9.10. The highest BCUT2D eigenvalue weighted by Gasteiger charge is 2.34. The maximum absolute atomic E-state index is 14.9. The first-order valence-electron chi connectivity index (χ1n) is 14.5. The Morgan fingerprint density at radius 2 is 1.41 bits per heavy atom. The molecule has 0 amide bonds. The summed E-state index contributed by atoms with van der Waals surface area (Å²) in [6, 6.07) is 27.0. The quantitative estimate of drug-likeness (QED) is 0.162. The fourth-order valence-electron chi connectivity index (χ4n) is 5.53. The fourth-order valence-corrected chi connectivity index (χ4v) is 8.14. The van der Waals surface area contributed by atoms with E-state index in [0.717, 1.165) is 22.3 Å². The molecule has 1 aliphatic carbocycles. The van der Waals surface area contributed by atoms with Crippen molar-refractivity contribution in [3.05, 3.63) is 112 Å². The highest BCUT2D eigenvalue weighted by atomic mass is 79.9. The number of azo groups is 1. The van der Waals surface area contributed by atoms with Crippen molar-refractivity contribution in [2.75, 3.05) is 20.9 Å². The summed E-state index contributed by atoms with van der Waals surface area (Å²) in [6.45, 7) is 0.430. The minimum atomic E-state index is -4.13. The summed E-state index contributed by atoms with van der Waals surface area (Å²) in [5.41, 5.74) is 5.03. The van der Waals surface area contributed by atoms with Gasteiger partial charge in [0.1, 0.15) is 16.4 Å². The Balaban J connectivity index is 1.47. The molecule has 0 N–H and O–H groups in total. The molecule has 10 heteroatoms. The molecule has 1 aliphatic heterocycles. The minimum absolute atomic E-state index is 0.111. The van der Waals surface area contributed by atoms with Crippen LogP contribution in [0.15, 0.2) is 110 Å². The number of hydrogen-bond acceptors (Lipinski definition) is 7. The molecule has 2 aliphatic rings. The van der Waals surface area contributed by atoms with E-state index in [2.05, 4.69) is 55.4 Å². The number of sulfonamides is 1. The number of ether oxygens (including phenoxy) is 2. The lowest BCUT2D eigenvalue weighted by Crippen LogP contribution is -2.32. The van der Waals surface area contributed by atoms with Crippen LogP contribution in [-0.4, -0.2) is 39.4 Å².